The van der Waals surface area contributed by atoms with Crippen LogP contribution in [0.3, 0.4) is 0 Å². The Bertz CT molecular complexity index is 752. The molecule has 0 aliphatic rings. The van der Waals surface area contributed by atoms with Crippen LogP contribution in [0.5, 0.6) is 0 Å². The number of imidazole rings is 1. The predicted molar refractivity (Wildman–Crippen MR) is 137 cm³/mol. The molecule has 180 valence electrons. The number of unbranched alkanes of at least 4 members (excludes halogenated alkanes) is 15. The summed E-state index contributed by atoms with van der Waals surface area (Å²) in [6.07, 6.45) is 22.2. The van der Waals surface area contributed by atoms with Crippen molar-refractivity contribution in [1.29, 1.82) is 0 Å². The number of nitrogens with one attached hydrogen (secondary N) is 1. The smallest absolute Gasteiger partial charge is 0.217 e. The zero-order valence-corrected chi connectivity index (χ0v) is 20.8. The van der Waals surface area contributed by atoms with E-state index in [1.54, 1.807) is 6.92 Å². The number of aromatic nitrogens is 2. The van der Waals surface area contributed by atoms with Crippen LogP contribution >= 0.6 is 0 Å². The summed E-state index contributed by atoms with van der Waals surface area (Å²) in [5.74, 6) is 0.952. The number of aryl methyl sites for hydroxylation is 1. The predicted octanol–water partition coefficient (Wildman–Crippen LogP) is 7.93. The zero-order chi connectivity index (χ0) is 22.9. The average Bonchev–Trinajstić information content (AvgIpc) is 3.15. The summed E-state index contributed by atoms with van der Waals surface area (Å²) in [6, 6.07) is 8.27. The van der Waals surface area contributed by atoms with E-state index in [4.69, 9.17) is 4.98 Å². The number of para-hydroxylation sites is 2. The van der Waals surface area contributed by atoms with Gasteiger partial charge in [-0.15, -0.1) is 0 Å². The summed E-state index contributed by atoms with van der Waals surface area (Å²) in [6.45, 7) is 5.33. The second-order valence-corrected chi connectivity index (χ2v) is 9.38. The molecule has 4 heteroatoms. The van der Waals surface area contributed by atoms with Crippen LogP contribution in [-0.2, 0) is 17.9 Å². The Labute approximate surface area is 196 Å². The van der Waals surface area contributed by atoms with Crippen LogP contribution in [0.1, 0.15) is 122 Å². The van der Waals surface area contributed by atoms with E-state index in [0.29, 0.717) is 6.54 Å². The van der Waals surface area contributed by atoms with Crippen molar-refractivity contribution in [2.45, 2.75) is 130 Å². The Morgan fingerprint density at radius 1 is 0.781 bits per heavy atom. The maximum Gasteiger partial charge on any atom is 0.217 e. The molecule has 0 radical (unpaired) electrons. The van der Waals surface area contributed by atoms with Crippen LogP contribution in [0.2, 0.25) is 0 Å². The van der Waals surface area contributed by atoms with Crippen molar-refractivity contribution >= 4 is 16.9 Å². The minimum Gasteiger partial charge on any atom is -0.349 e. The van der Waals surface area contributed by atoms with Gasteiger partial charge in [0.2, 0.25) is 5.91 Å². The molecule has 0 atom stereocenters. The molecule has 2 rings (SSSR count). The van der Waals surface area contributed by atoms with Crippen molar-refractivity contribution in [3.8, 4) is 0 Å². The minimum absolute atomic E-state index is 0.00832. The molecule has 32 heavy (non-hydrogen) atoms. The van der Waals surface area contributed by atoms with E-state index < -0.39 is 0 Å². The fourth-order valence-corrected chi connectivity index (χ4v) is 4.53. The summed E-state index contributed by atoms with van der Waals surface area (Å²) in [5, 5.41) is 2.90. The highest BCUT2D eigenvalue weighted by atomic mass is 16.1. The van der Waals surface area contributed by atoms with Crippen molar-refractivity contribution in [1.82, 2.24) is 14.9 Å². The molecule has 1 aromatic heterocycles. The minimum atomic E-state index is -0.00832. The molecule has 0 saturated carbocycles. The molecule has 0 fully saturated rings. The number of fused-ring (bicyclic) bond motifs is 1. The van der Waals surface area contributed by atoms with Gasteiger partial charge in [-0.05, 0) is 18.6 Å². The number of amides is 1. The van der Waals surface area contributed by atoms with Gasteiger partial charge in [-0.25, -0.2) is 4.98 Å². The van der Waals surface area contributed by atoms with Crippen LogP contribution in [-0.4, -0.2) is 15.5 Å². The lowest BCUT2D eigenvalue weighted by atomic mass is 10.0. The van der Waals surface area contributed by atoms with Gasteiger partial charge in [0.25, 0.3) is 0 Å². The number of carbonyl (C=O) groups is 1. The SMILES string of the molecule is CCCCCCCCCCCCCCCCCCn1c(CNC(C)=O)nc2ccccc21. The molecule has 2 aromatic rings. The van der Waals surface area contributed by atoms with Crippen molar-refractivity contribution < 1.29 is 4.79 Å². The maximum absolute atomic E-state index is 11.3. The number of rotatable bonds is 19. The van der Waals surface area contributed by atoms with Crippen molar-refractivity contribution in [2.24, 2.45) is 0 Å². The number of hydrogen-bond acceptors (Lipinski definition) is 2. The van der Waals surface area contributed by atoms with Gasteiger partial charge >= 0.3 is 0 Å². The van der Waals surface area contributed by atoms with Crippen LogP contribution in [0.25, 0.3) is 11.0 Å². The summed E-state index contributed by atoms with van der Waals surface area (Å²) < 4.78 is 2.29. The van der Waals surface area contributed by atoms with Gasteiger partial charge in [0.1, 0.15) is 5.82 Å². The monoisotopic (exact) mass is 441 g/mol. The highest BCUT2D eigenvalue weighted by molar-refractivity contribution is 5.76. The molecular formula is C28H47N3O. The fourth-order valence-electron chi connectivity index (χ4n) is 4.53. The Morgan fingerprint density at radius 3 is 1.81 bits per heavy atom. The normalized spacial score (nSPS) is 11.3. The maximum atomic E-state index is 11.3. The van der Waals surface area contributed by atoms with E-state index in [1.165, 1.54) is 108 Å². The van der Waals surface area contributed by atoms with Crippen molar-refractivity contribution in [3.05, 3.63) is 30.1 Å². The number of carbonyl (C=O) groups excluding carboxylic acids is 1. The molecule has 4 nitrogen and oxygen atoms in total. The van der Waals surface area contributed by atoms with Gasteiger partial charge in [-0.2, -0.15) is 0 Å². The van der Waals surface area contributed by atoms with Crippen LogP contribution in [0, 0.1) is 0 Å². The van der Waals surface area contributed by atoms with Gasteiger partial charge in [0.05, 0.1) is 17.6 Å². The molecule has 0 spiro atoms. The van der Waals surface area contributed by atoms with Gasteiger partial charge in [0, 0.05) is 13.5 Å². The summed E-state index contributed by atoms with van der Waals surface area (Å²) in [4.78, 5) is 16.0. The van der Waals surface area contributed by atoms with E-state index in [-0.39, 0.29) is 5.91 Å². The summed E-state index contributed by atoms with van der Waals surface area (Å²) in [5.41, 5.74) is 2.19. The first kappa shape index (κ1) is 26.4. The zero-order valence-electron chi connectivity index (χ0n) is 20.8. The van der Waals surface area contributed by atoms with E-state index in [0.717, 1.165) is 17.9 Å². The highest BCUT2D eigenvalue weighted by Gasteiger charge is 2.10. The largest absolute Gasteiger partial charge is 0.349 e. The highest BCUT2D eigenvalue weighted by Crippen LogP contribution is 2.18. The first-order chi connectivity index (χ1) is 15.7. The third-order valence-corrected chi connectivity index (χ3v) is 6.46. The molecule has 0 saturated heterocycles. The number of benzene rings is 1. The topological polar surface area (TPSA) is 46.9 Å². The van der Waals surface area contributed by atoms with Gasteiger partial charge in [-0.3, -0.25) is 4.79 Å². The molecule has 0 aliphatic carbocycles. The fraction of sp³-hybridized carbons (Fsp3) is 0.714. The van der Waals surface area contributed by atoms with Gasteiger partial charge in [-0.1, -0.05) is 115 Å². The average molecular weight is 442 g/mol. The second kappa shape index (κ2) is 16.7. The van der Waals surface area contributed by atoms with Gasteiger partial charge < -0.3 is 9.88 Å². The van der Waals surface area contributed by atoms with E-state index in [1.807, 2.05) is 6.07 Å². The van der Waals surface area contributed by atoms with E-state index >= 15 is 0 Å². The second-order valence-electron chi connectivity index (χ2n) is 9.38. The molecule has 1 aromatic carbocycles. The number of nitrogens with zero attached hydrogens (tertiary/aromatic N) is 2. The molecule has 1 N–H and O–H groups in total. The molecule has 1 amide bonds. The lowest BCUT2D eigenvalue weighted by molar-refractivity contribution is -0.119. The molecule has 0 bridgehead atoms. The van der Waals surface area contributed by atoms with E-state index in [2.05, 4.69) is 35.0 Å². The summed E-state index contributed by atoms with van der Waals surface area (Å²) >= 11 is 0. The molecule has 1 heterocycles. The Hall–Kier alpha value is -1.84. The van der Waals surface area contributed by atoms with Crippen molar-refractivity contribution in [2.75, 3.05) is 0 Å². The first-order valence-corrected chi connectivity index (χ1v) is 13.4. The standard InChI is InChI=1S/C28H47N3O/c1-3-4-5-6-7-8-9-10-11-12-13-14-15-16-17-20-23-31-27-22-19-18-21-26(27)30-28(31)24-29-25(2)32/h18-19,21-22H,3-17,20,23-24H2,1-2H3,(H,29,32). The lowest BCUT2D eigenvalue weighted by Crippen LogP contribution is -2.21. The summed E-state index contributed by atoms with van der Waals surface area (Å²) in [7, 11) is 0. The quantitative estimate of drug-likeness (QED) is 0.225. The van der Waals surface area contributed by atoms with Crippen LogP contribution in [0.4, 0.5) is 0 Å². The first-order valence-electron chi connectivity index (χ1n) is 13.4. The van der Waals surface area contributed by atoms with Gasteiger partial charge in [0.15, 0.2) is 0 Å². The Morgan fingerprint density at radius 2 is 1.28 bits per heavy atom. The lowest BCUT2D eigenvalue weighted by Gasteiger charge is -2.10. The number of hydrogen-bond donors (Lipinski definition) is 1. The van der Waals surface area contributed by atoms with E-state index in [9.17, 15) is 4.79 Å². The van der Waals surface area contributed by atoms with Crippen LogP contribution in [0.15, 0.2) is 24.3 Å². The van der Waals surface area contributed by atoms with Crippen LogP contribution < -0.4 is 5.32 Å². The molecule has 0 unspecified atom stereocenters. The third kappa shape index (κ3) is 10.7. The molecular weight excluding hydrogens is 394 g/mol. The Balaban J connectivity index is 1.50. The Kier molecular flexibility index (Phi) is 13.8. The van der Waals surface area contributed by atoms with Crippen molar-refractivity contribution in [3.63, 3.8) is 0 Å². The molecule has 0 aliphatic heterocycles. The third-order valence-electron chi connectivity index (χ3n) is 6.46.